The summed E-state index contributed by atoms with van der Waals surface area (Å²) in [5.74, 6) is -0.366. The molecule has 0 bridgehead atoms. The summed E-state index contributed by atoms with van der Waals surface area (Å²) in [6, 6.07) is 1.32. The summed E-state index contributed by atoms with van der Waals surface area (Å²) in [4.78, 5) is 15.4. The van der Waals surface area contributed by atoms with Crippen molar-refractivity contribution in [2.75, 3.05) is 11.9 Å². The SMILES string of the molecule is CC(C)(C)NC(=O)CCNc1ncc(Br)cc1F. The van der Waals surface area contributed by atoms with E-state index in [0.717, 1.165) is 0 Å². The number of rotatable bonds is 4. The smallest absolute Gasteiger partial charge is 0.222 e. The number of halogens is 2. The molecule has 0 unspecified atom stereocenters. The van der Waals surface area contributed by atoms with Gasteiger partial charge in [-0.2, -0.15) is 0 Å². The molecular weight excluding hydrogens is 301 g/mol. The van der Waals surface area contributed by atoms with Crippen molar-refractivity contribution in [2.45, 2.75) is 32.7 Å². The average molecular weight is 318 g/mol. The fraction of sp³-hybridized carbons (Fsp3) is 0.500. The highest BCUT2D eigenvalue weighted by molar-refractivity contribution is 9.10. The largest absolute Gasteiger partial charge is 0.367 e. The number of nitrogens with one attached hydrogen (secondary N) is 2. The van der Waals surface area contributed by atoms with Gasteiger partial charge in [0, 0.05) is 29.2 Å². The van der Waals surface area contributed by atoms with Crippen LogP contribution in [-0.2, 0) is 4.79 Å². The Kier molecular flexibility index (Phi) is 5.07. The highest BCUT2D eigenvalue weighted by atomic mass is 79.9. The molecule has 1 aromatic heterocycles. The van der Waals surface area contributed by atoms with Crippen LogP contribution in [0.2, 0.25) is 0 Å². The van der Waals surface area contributed by atoms with Gasteiger partial charge in [-0.05, 0) is 42.8 Å². The van der Waals surface area contributed by atoms with Gasteiger partial charge in [-0.1, -0.05) is 0 Å². The Balaban J connectivity index is 2.40. The van der Waals surface area contributed by atoms with Gasteiger partial charge in [-0.3, -0.25) is 4.79 Å². The van der Waals surface area contributed by atoms with E-state index in [4.69, 9.17) is 0 Å². The first kappa shape index (κ1) is 14.9. The first-order valence-electron chi connectivity index (χ1n) is 5.64. The zero-order valence-electron chi connectivity index (χ0n) is 10.7. The van der Waals surface area contributed by atoms with Crippen LogP contribution in [0.15, 0.2) is 16.7 Å². The Morgan fingerprint density at radius 3 is 2.72 bits per heavy atom. The molecule has 1 heterocycles. The van der Waals surface area contributed by atoms with Crippen molar-refractivity contribution in [2.24, 2.45) is 0 Å². The highest BCUT2D eigenvalue weighted by Gasteiger charge is 2.13. The third-order valence-corrected chi connectivity index (χ3v) is 2.40. The van der Waals surface area contributed by atoms with Crippen molar-refractivity contribution in [1.82, 2.24) is 10.3 Å². The van der Waals surface area contributed by atoms with Crippen molar-refractivity contribution in [3.05, 3.63) is 22.6 Å². The third kappa shape index (κ3) is 5.44. The number of aromatic nitrogens is 1. The number of hydrogen-bond acceptors (Lipinski definition) is 3. The molecule has 0 aromatic carbocycles. The molecule has 18 heavy (non-hydrogen) atoms. The zero-order valence-corrected chi connectivity index (χ0v) is 12.3. The van der Waals surface area contributed by atoms with Crippen molar-refractivity contribution >= 4 is 27.7 Å². The molecule has 1 amide bonds. The van der Waals surface area contributed by atoms with Crippen LogP contribution in [0.4, 0.5) is 10.2 Å². The van der Waals surface area contributed by atoms with Crippen LogP contribution < -0.4 is 10.6 Å². The second-order valence-corrected chi connectivity index (χ2v) is 5.87. The molecule has 0 aliphatic rings. The minimum absolute atomic E-state index is 0.0764. The molecule has 0 aliphatic carbocycles. The van der Waals surface area contributed by atoms with Crippen molar-refractivity contribution in [3.63, 3.8) is 0 Å². The Morgan fingerprint density at radius 1 is 1.50 bits per heavy atom. The minimum atomic E-state index is -0.444. The highest BCUT2D eigenvalue weighted by Crippen LogP contribution is 2.15. The van der Waals surface area contributed by atoms with Gasteiger partial charge in [0.1, 0.15) is 0 Å². The van der Waals surface area contributed by atoms with E-state index < -0.39 is 5.82 Å². The lowest BCUT2D eigenvalue weighted by Crippen LogP contribution is -2.41. The molecule has 4 nitrogen and oxygen atoms in total. The number of nitrogens with zero attached hydrogens (tertiary/aromatic N) is 1. The van der Waals surface area contributed by atoms with Crippen LogP contribution >= 0.6 is 15.9 Å². The van der Waals surface area contributed by atoms with Gasteiger partial charge >= 0.3 is 0 Å². The van der Waals surface area contributed by atoms with Gasteiger partial charge in [-0.25, -0.2) is 9.37 Å². The quantitative estimate of drug-likeness (QED) is 0.897. The fourth-order valence-corrected chi connectivity index (χ4v) is 1.62. The van der Waals surface area contributed by atoms with Gasteiger partial charge in [-0.15, -0.1) is 0 Å². The molecule has 0 fully saturated rings. The fourth-order valence-electron chi connectivity index (χ4n) is 1.32. The second-order valence-electron chi connectivity index (χ2n) is 4.96. The number of amides is 1. The van der Waals surface area contributed by atoms with Crippen LogP contribution in [-0.4, -0.2) is 23.0 Å². The summed E-state index contributed by atoms with van der Waals surface area (Å²) in [6.45, 7) is 6.07. The van der Waals surface area contributed by atoms with E-state index in [1.165, 1.54) is 12.3 Å². The van der Waals surface area contributed by atoms with E-state index >= 15 is 0 Å². The van der Waals surface area contributed by atoms with Crippen molar-refractivity contribution in [1.29, 1.82) is 0 Å². The maximum absolute atomic E-state index is 13.4. The molecule has 0 atom stereocenters. The Hall–Kier alpha value is -1.17. The zero-order chi connectivity index (χ0) is 13.8. The van der Waals surface area contributed by atoms with Crippen molar-refractivity contribution in [3.8, 4) is 0 Å². The van der Waals surface area contributed by atoms with Crippen LogP contribution in [0.5, 0.6) is 0 Å². The van der Waals surface area contributed by atoms with Gasteiger partial charge < -0.3 is 10.6 Å². The number of carbonyl (C=O) groups is 1. The summed E-state index contributed by atoms with van der Waals surface area (Å²) < 4.78 is 14.0. The Morgan fingerprint density at radius 2 is 2.17 bits per heavy atom. The van der Waals surface area contributed by atoms with E-state index in [2.05, 4.69) is 31.5 Å². The monoisotopic (exact) mass is 317 g/mol. The van der Waals surface area contributed by atoms with Gasteiger partial charge in [0.15, 0.2) is 11.6 Å². The maximum Gasteiger partial charge on any atom is 0.222 e. The van der Waals surface area contributed by atoms with Crippen LogP contribution in [0.3, 0.4) is 0 Å². The summed E-state index contributed by atoms with van der Waals surface area (Å²) in [7, 11) is 0. The third-order valence-electron chi connectivity index (χ3n) is 1.97. The predicted octanol–water partition coefficient (Wildman–Crippen LogP) is 2.70. The first-order chi connectivity index (χ1) is 8.28. The lowest BCUT2D eigenvalue weighted by atomic mass is 10.1. The molecule has 100 valence electrons. The second kappa shape index (κ2) is 6.13. The number of pyridine rings is 1. The topological polar surface area (TPSA) is 54.0 Å². The first-order valence-corrected chi connectivity index (χ1v) is 6.43. The predicted molar refractivity (Wildman–Crippen MR) is 72.9 cm³/mol. The summed E-state index contributed by atoms with van der Waals surface area (Å²) in [5.41, 5.74) is -0.252. The summed E-state index contributed by atoms with van der Waals surface area (Å²) in [5, 5.41) is 5.62. The molecule has 1 aromatic rings. The van der Waals surface area contributed by atoms with E-state index in [-0.39, 0.29) is 23.7 Å². The van der Waals surface area contributed by atoms with E-state index in [9.17, 15) is 9.18 Å². The number of carbonyl (C=O) groups excluding carboxylic acids is 1. The van der Waals surface area contributed by atoms with E-state index in [1.807, 2.05) is 20.8 Å². The molecule has 0 spiro atoms. The lowest BCUT2D eigenvalue weighted by molar-refractivity contribution is -0.122. The van der Waals surface area contributed by atoms with Crippen LogP contribution in [0, 0.1) is 5.82 Å². The molecule has 0 saturated carbocycles. The number of hydrogen-bond donors (Lipinski definition) is 2. The molecule has 0 aliphatic heterocycles. The van der Waals surface area contributed by atoms with E-state index in [1.54, 1.807) is 0 Å². The van der Waals surface area contributed by atoms with E-state index in [0.29, 0.717) is 11.0 Å². The summed E-state index contributed by atoms with van der Waals surface area (Å²) in [6.07, 6.45) is 1.77. The summed E-state index contributed by atoms with van der Waals surface area (Å²) >= 11 is 3.13. The molecule has 6 heteroatoms. The Bertz CT molecular complexity index is 432. The molecule has 2 N–H and O–H groups in total. The maximum atomic E-state index is 13.4. The molecule has 1 rings (SSSR count). The normalized spacial score (nSPS) is 11.2. The average Bonchev–Trinajstić information content (AvgIpc) is 2.18. The standard InChI is InChI=1S/C12H17BrFN3O/c1-12(2,3)17-10(18)4-5-15-11-9(14)6-8(13)7-16-11/h6-7H,4-5H2,1-3H3,(H,15,16)(H,17,18). The number of anilines is 1. The molecule has 0 radical (unpaired) electrons. The van der Waals surface area contributed by atoms with Gasteiger partial charge in [0.05, 0.1) is 0 Å². The Labute approximate surface area is 114 Å². The molecule has 0 saturated heterocycles. The van der Waals surface area contributed by atoms with Crippen LogP contribution in [0.25, 0.3) is 0 Å². The van der Waals surface area contributed by atoms with Crippen molar-refractivity contribution < 1.29 is 9.18 Å². The van der Waals surface area contributed by atoms with Gasteiger partial charge in [0.2, 0.25) is 5.91 Å². The minimum Gasteiger partial charge on any atom is -0.367 e. The van der Waals surface area contributed by atoms with Gasteiger partial charge in [0.25, 0.3) is 0 Å². The van der Waals surface area contributed by atoms with Crippen LogP contribution in [0.1, 0.15) is 27.2 Å². The lowest BCUT2D eigenvalue weighted by Gasteiger charge is -2.20. The molecular formula is C12H17BrFN3O.